The zero-order valence-corrected chi connectivity index (χ0v) is 17.9. The number of hydrogen-bond acceptors (Lipinski definition) is 5. The third kappa shape index (κ3) is 3.60. The van der Waals surface area contributed by atoms with Gasteiger partial charge in [0.25, 0.3) is 5.56 Å². The van der Waals surface area contributed by atoms with Crippen LogP contribution in [0.4, 0.5) is 4.39 Å². The van der Waals surface area contributed by atoms with E-state index in [4.69, 9.17) is 4.74 Å². The quantitative estimate of drug-likeness (QED) is 0.468. The number of hydrogen-bond donors (Lipinski definition) is 2. The number of thiophene rings is 1. The van der Waals surface area contributed by atoms with Crippen molar-refractivity contribution in [1.29, 1.82) is 0 Å². The number of aromatic amines is 1. The molecule has 1 atom stereocenters. The minimum atomic E-state index is -3.81. The van der Waals surface area contributed by atoms with Crippen LogP contribution in [0.2, 0.25) is 0 Å². The average molecular weight is 447 g/mol. The maximum atomic E-state index is 13.0. The summed E-state index contributed by atoms with van der Waals surface area (Å²) in [6.45, 7) is 0.999. The number of methoxy groups -OCH3 is 1. The smallest absolute Gasteiger partial charge is 0.266 e. The monoisotopic (exact) mass is 446 g/mol. The first-order valence-corrected chi connectivity index (χ1v) is 11.5. The molecule has 2 aromatic heterocycles. The van der Waals surface area contributed by atoms with Gasteiger partial charge in [-0.1, -0.05) is 12.1 Å². The van der Waals surface area contributed by atoms with E-state index in [0.717, 1.165) is 21.9 Å². The molecule has 2 aromatic carbocycles. The minimum absolute atomic E-state index is 0.0418. The van der Waals surface area contributed by atoms with Gasteiger partial charge in [0.15, 0.2) is 0 Å². The van der Waals surface area contributed by atoms with Crippen LogP contribution in [0.15, 0.2) is 57.5 Å². The van der Waals surface area contributed by atoms with Gasteiger partial charge in [-0.25, -0.2) is 17.5 Å². The highest BCUT2D eigenvalue weighted by Crippen LogP contribution is 2.40. The SMILES string of the molecule is COc1ccc2[nH]c(=O)c3sccc3c2c1-c1ccc(S(=O)(=O)NCC(C)F)cc1. The molecule has 1 unspecified atom stereocenters. The summed E-state index contributed by atoms with van der Waals surface area (Å²) in [5.74, 6) is 0.599. The summed E-state index contributed by atoms with van der Waals surface area (Å²) in [5, 5.41) is 3.49. The summed E-state index contributed by atoms with van der Waals surface area (Å²) in [5.41, 5.74) is 1.99. The Balaban J connectivity index is 1.89. The van der Waals surface area contributed by atoms with Crippen molar-refractivity contribution in [2.45, 2.75) is 18.0 Å². The van der Waals surface area contributed by atoms with Crippen molar-refractivity contribution in [3.05, 3.63) is 58.2 Å². The second kappa shape index (κ2) is 7.82. The van der Waals surface area contributed by atoms with Gasteiger partial charge in [0, 0.05) is 28.4 Å². The summed E-state index contributed by atoms with van der Waals surface area (Å²) in [6.07, 6.45) is -1.28. The third-order valence-corrected chi connectivity index (χ3v) is 7.14. The van der Waals surface area contributed by atoms with E-state index in [9.17, 15) is 17.6 Å². The maximum absolute atomic E-state index is 13.0. The molecule has 2 N–H and O–H groups in total. The summed E-state index contributed by atoms with van der Waals surface area (Å²) in [7, 11) is -2.25. The highest BCUT2D eigenvalue weighted by atomic mass is 32.2. The number of pyridine rings is 1. The van der Waals surface area contributed by atoms with Crippen LogP contribution in [0.25, 0.3) is 32.1 Å². The highest BCUT2D eigenvalue weighted by Gasteiger charge is 2.18. The topological polar surface area (TPSA) is 88.3 Å². The molecule has 0 amide bonds. The van der Waals surface area contributed by atoms with Crippen molar-refractivity contribution in [1.82, 2.24) is 9.71 Å². The van der Waals surface area contributed by atoms with Crippen LogP contribution in [0.5, 0.6) is 5.75 Å². The van der Waals surface area contributed by atoms with Crippen LogP contribution in [-0.2, 0) is 10.0 Å². The van der Waals surface area contributed by atoms with Gasteiger partial charge in [0.2, 0.25) is 10.0 Å². The molecule has 0 saturated heterocycles. The molecule has 0 aliphatic carbocycles. The van der Waals surface area contributed by atoms with Gasteiger partial charge in [-0.3, -0.25) is 4.79 Å². The number of fused-ring (bicyclic) bond motifs is 3. The first-order valence-electron chi connectivity index (χ1n) is 9.16. The Bertz CT molecular complexity index is 1390. The maximum Gasteiger partial charge on any atom is 0.266 e. The number of rotatable bonds is 6. The second-order valence-electron chi connectivity index (χ2n) is 6.84. The number of aromatic nitrogens is 1. The molecule has 0 spiro atoms. The van der Waals surface area contributed by atoms with Crippen molar-refractivity contribution in [2.24, 2.45) is 0 Å². The van der Waals surface area contributed by atoms with Gasteiger partial charge >= 0.3 is 0 Å². The van der Waals surface area contributed by atoms with E-state index in [1.165, 1.54) is 30.4 Å². The van der Waals surface area contributed by atoms with Gasteiger partial charge in [-0.2, -0.15) is 0 Å². The number of ether oxygens (including phenoxy) is 1. The van der Waals surface area contributed by atoms with Crippen LogP contribution in [0.1, 0.15) is 6.92 Å². The normalized spacial score (nSPS) is 13.0. The Hall–Kier alpha value is -2.75. The molecule has 4 rings (SSSR count). The molecule has 0 saturated carbocycles. The number of H-pyrrole nitrogens is 1. The van der Waals surface area contributed by atoms with Crippen LogP contribution >= 0.6 is 11.3 Å². The van der Waals surface area contributed by atoms with E-state index in [0.29, 0.717) is 16.0 Å². The molecule has 0 aliphatic rings. The lowest BCUT2D eigenvalue weighted by Crippen LogP contribution is -2.29. The number of benzene rings is 2. The molecular weight excluding hydrogens is 427 g/mol. The Kier molecular flexibility index (Phi) is 5.35. The summed E-state index contributed by atoms with van der Waals surface area (Å²) >= 11 is 1.36. The Morgan fingerprint density at radius 2 is 1.90 bits per heavy atom. The van der Waals surface area contributed by atoms with Gasteiger partial charge in [-0.05, 0) is 48.2 Å². The largest absolute Gasteiger partial charge is 0.496 e. The standard InChI is InChI=1S/C21H19FN2O4S2/c1-12(22)11-23-30(26,27)14-5-3-13(4-6-14)18-17(28-2)8-7-16-19(18)15-9-10-29-20(15)21(25)24-16/h3-10,12,23H,11H2,1-2H3,(H,24,25). The Morgan fingerprint density at radius 1 is 1.17 bits per heavy atom. The van der Waals surface area contributed by atoms with Crippen molar-refractivity contribution < 1.29 is 17.5 Å². The molecule has 156 valence electrons. The predicted octanol–water partition coefficient (Wildman–Crippen LogP) is 4.05. The molecule has 2 heterocycles. The third-order valence-electron chi connectivity index (χ3n) is 4.78. The molecular formula is C21H19FN2O4S2. The lowest BCUT2D eigenvalue weighted by molar-refractivity contribution is 0.360. The molecule has 0 bridgehead atoms. The van der Waals surface area contributed by atoms with E-state index >= 15 is 0 Å². The van der Waals surface area contributed by atoms with Gasteiger partial charge in [-0.15, -0.1) is 11.3 Å². The van der Waals surface area contributed by atoms with E-state index in [2.05, 4.69) is 9.71 Å². The van der Waals surface area contributed by atoms with Gasteiger partial charge in [0.05, 0.1) is 12.0 Å². The molecule has 6 nitrogen and oxygen atoms in total. The van der Waals surface area contributed by atoms with Crippen molar-refractivity contribution in [3.8, 4) is 16.9 Å². The number of alkyl halides is 1. The molecule has 0 radical (unpaired) electrons. The minimum Gasteiger partial charge on any atom is -0.496 e. The van der Waals surface area contributed by atoms with Crippen LogP contribution in [-0.4, -0.2) is 33.2 Å². The average Bonchev–Trinajstić information content (AvgIpc) is 3.22. The first-order chi connectivity index (χ1) is 14.3. The molecule has 0 fully saturated rings. The zero-order valence-electron chi connectivity index (χ0n) is 16.2. The number of nitrogens with one attached hydrogen (secondary N) is 2. The van der Waals surface area contributed by atoms with E-state index in [1.54, 1.807) is 31.4 Å². The van der Waals surface area contributed by atoms with Crippen molar-refractivity contribution in [3.63, 3.8) is 0 Å². The predicted molar refractivity (Wildman–Crippen MR) is 118 cm³/mol. The van der Waals surface area contributed by atoms with Gasteiger partial charge < -0.3 is 9.72 Å². The fourth-order valence-corrected chi connectivity index (χ4v) is 5.30. The first kappa shape index (κ1) is 20.5. The Labute approximate surface area is 176 Å². The Morgan fingerprint density at radius 3 is 2.57 bits per heavy atom. The molecule has 30 heavy (non-hydrogen) atoms. The summed E-state index contributed by atoms with van der Waals surface area (Å²) < 4.78 is 46.2. The lowest BCUT2D eigenvalue weighted by Gasteiger charge is -2.14. The fourth-order valence-electron chi connectivity index (χ4n) is 3.39. The van der Waals surface area contributed by atoms with E-state index in [-0.39, 0.29) is 17.0 Å². The zero-order chi connectivity index (χ0) is 21.5. The number of sulfonamides is 1. The van der Waals surface area contributed by atoms with Crippen molar-refractivity contribution in [2.75, 3.05) is 13.7 Å². The van der Waals surface area contributed by atoms with Crippen LogP contribution in [0.3, 0.4) is 0 Å². The molecule has 9 heteroatoms. The number of halogens is 1. The van der Waals surface area contributed by atoms with Crippen LogP contribution < -0.4 is 15.0 Å². The van der Waals surface area contributed by atoms with Crippen LogP contribution in [0, 0.1) is 0 Å². The van der Waals surface area contributed by atoms with Crippen molar-refractivity contribution >= 4 is 42.3 Å². The summed E-state index contributed by atoms with van der Waals surface area (Å²) in [4.78, 5) is 15.3. The highest BCUT2D eigenvalue weighted by molar-refractivity contribution is 7.89. The molecule has 4 aromatic rings. The van der Waals surface area contributed by atoms with Gasteiger partial charge in [0.1, 0.15) is 16.6 Å². The second-order valence-corrected chi connectivity index (χ2v) is 9.52. The van der Waals surface area contributed by atoms with E-state index < -0.39 is 16.2 Å². The summed E-state index contributed by atoms with van der Waals surface area (Å²) in [6, 6.07) is 11.7. The van der Waals surface area contributed by atoms with E-state index in [1.807, 2.05) is 11.4 Å². The molecule has 0 aliphatic heterocycles. The fraction of sp³-hybridized carbons (Fsp3) is 0.190. The lowest BCUT2D eigenvalue weighted by atomic mass is 9.97.